The van der Waals surface area contributed by atoms with Gasteiger partial charge in [0, 0.05) is 28.7 Å². The normalized spacial score (nSPS) is 16.4. The smallest absolute Gasteiger partial charge is 0.247 e. The highest BCUT2D eigenvalue weighted by Crippen LogP contribution is 2.25. The van der Waals surface area contributed by atoms with Gasteiger partial charge >= 0.3 is 0 Å². The van der Waals surface area contributed by atoms with Crippen LogP contribution in [0.2, 0.25) is 0 Å². The molecule has 1 aromatic heterocycles. The molecule has 1 aromatic carbocycles. The zero-order valence-corrected chi connectivity index (χ0v) is 14.9. The van der Waals surface area contributed by atoms with Crippen molar-refractivity contribution in [3.8, 4) is 0 Å². The summed E-state index contributed by atoms with van der Waals surface area (Å²) in [6.07, 6.45) is 4.20. The minimum absolute atomic E-state index is 0.0283. The summed E-state index contributed by atoms with van der Waals surface area (Å²) in [6.45, 7) is 6.37. The van der Waals surface area contributed by atoms with Gasteiger partial charge in [0.25, 0.3) is 0 Å². The molecule has 1 unspecified atom stereocenters. The maximum atomic E-state index is 12.4. The summed E-state index contributed by atoms with van der Waals surface area (Å²) in [5, 5.41) is 6.18. The fourth-order valence-electron chi connectivity index (χ4n) is 2.40. The number of carbonyl (C=O) groups is 1. The number of amides is 1. The molecule has 0 saturated heterocycles. The molecule has 1 aliphatic heterocycles. The number of nitrogens with zero attached hydrogens (tertiary/aromatic N) is 1. The first kappa shape index (κ1) is 16.8. The lowest BCUT2D eigenvalue weighted by molar-refractivity contribution is -0.116. The largest absolute Gasteiger partial charge is 0.372 e. The van der Waals surface area contributed by atoms with Crippen LogP contribution < -0.4 is 15.4 Å². The van der Waals surface area contributed by atoms with Crippen LogP contribution >= 0.6 is 11.9 Å². The molecule has 1 atom stereocenters. The second-order valence-corrected chi connectivity index (χ2v) is 7.78. The number of benzene rings is 1. The lowest BCUT2D eigenvalue weighted by atomic mass is 10.1. The lowest BCUT2D eigenvalue weighted by Gasteiger charge is -2.19. The molecule has 6 heteroatoms. The molecule has 0 saturated carbocycles. The van der Waals surface area contributed by atoms with Gasteiger partial charge in [-0.3, -0.25) is 14.5 Å². The first-order valence-electron chi connectivity index (χ1n) is 7.95. The van der Waals surface area contributed by atoms with Crippen molar-refractivity contribution in [2.75, 3.05) is 10.6 Å². The van der Waals surface area contributed by atoms with Gasteiger partial charge in [0.05, 0.1) is 11.9 Å². The molecule has 1 amide bonds. The lowest BCUT2D eigenvalue weighted by Crippen LogP contribution is -2.32. The predicted octanol–water partition coefficient (Wildman–Crippen LogP) is 3.45. The zero-order chi connectivity index (χ0) is 17.2. The number of anilines is 2. The number of rotatable bonds is 4. The Kier molecular flexibility index (Phi) is 4.78. The maximum absolute atomic E-state index is 12.4. The SMILES string of the molecule is CC(C)(C)NSc1ccc(NC(=O)C2Cc3ccncc3N2)cc1. The van der Waals surface area contributed by atoms with Gasteiger partial charge in [-0.1, -0.05) is 0 Å². The van der Waals surface area contributed by atoms with Gasteiger partial charge in [0.2, 0.25) is 5.91 Å². The van der Waals surface area contributed by atoms with E-state index in [4.69, 9.17) is 0 Å². The Morgan fingerprint density at radius 2 is 2.00 bits per heavy atom. The van der Waals surface area contributed by atoms with Crippen LogP contribution in [0.1, 0.15) is 26.3 Å². The second-order valence-electron chi connectivity index (χ2n) is 6.90. The number of hydrogen-bond donors (Lipinski definition) is 3. The van der Waals surface area contributed by atoms with Crippen molar-refractivity contribution in [3.05, 3.63) is 48.3 Å². The van der Waals surface area contributed by atoms with Crippen molar-refractivity contribution >= 4 is 29.2 Å². The van der Waals surface area contributed by atoms with Gasteiger partial charge in [-0.15, -0.1) is 0 Å². The quantitative estimate of drug-likeness (QED) is 0.743. The van der Waals surface area contributed by atoms with Gasteiger partial charge in [0.1, 0.15) is 6.04 Å². The third kappa shape index (κ3) is 4.27. The molecule has 24 heavy (non-hydrogen) atoms. The first-order valence-corrected chi connectivity index (χ1v) is 8.77. The molecule has 3 N–H and O–H groups in total. The topological polar surface area (TPSA) is 66.0 Å². The van der Waals surface area contributed by atoms with Gasteiger partial charge in [-0.25, -0.2) is 0 Å². The second kappa shape index (κ2) is 6.83. The van der Waals surface area contributed by atoms with Crippen LogP contribution in [0, 0.1) is 0 Å². The minimum atomic E-state index is -0.249. The maximum Gasteiger partial charge on any atom is 0.247 e. The Balaban J connectivity index is 1.56. The fourth-order valence-corrected chi connectivity index (χ4v) is 3.09. The molecule has 0 bridgehead atoms. The summed E-state index contributed by atoms with van der Waals surface area (Å²) < 4.78 is 3.37. The van der Waals surface area contributed by atoms with E-state index in [2.05, 4.69) is 41.1 Å². The van der Waals surface area contributed by atoms with Crippen molar-refractivity contribution in [3.63, 3.8) is 0 Å². The van der Waals surface area contributed by atoms with Gasteiger partial charge in [-0.2, -0.15) is 0 Å². The standard InChI is InChI=1S/C18H22N4OS/c1-18(2,3)22-24-14-6-4-13(5-7-14)20-17(23)15-10-12-8-9-19-11-16(12)21-15/h4-9,11,15,21-22H,10H2,1-3H3,(H,20,23). The van der Waals surface area contributed by atoms with Crippen molar-refractivity contribution in [1.82, 2.24) is 9.71 Å². The van der Waals surface area contributed by atoms with Crippen LogP contribution in [-0.2, 0) is 11.2 Å². The Morgan fingerprint density at radius 3 is 2.67 bits per heavy atom. The van der Waals surface area contributed by atoms with Crippen molar-refractivity contribution in [2.45, 2.75) is 43.7 Å². The van der Waals surface area contributed by atoms with Crippen LogP contribution in [0.3, 0.4) is 0 Å². The molecule has 5 nitrogen and oxygen atoms in total. The third-order valence-electron chi connectivity index (χ3n) is 3.58. The van der Waals surface area contributed by atoms with Crippen molar-refractivity contribution in [2.24, 2.45) is 0 Å². The average molecular weight is 342 g/mol. The molecule has 126 valence electrons. The first-order chi connectivity index (χ1) is 11.4. The van der Waals surface area contributed by atoms with Crippen LogP contribution in [-0.4, -0.2) is 22.5 Å². The molecule has 3 rings (SSSR count). The van der Waals surface area contributed by atoms with E-state index in [9.17, 15) is 4.79 Å². The molecule has 2 aromatic rings. The molecule has 0 radical (unpaired) electrons. The summed E-state index contributed by atoms with van der Waals surface area (Å²) in [5.74, 6) is -0.0283. The molecule has 0 aliphatic carbocycles. The van der Waals surface area contributed by atoms with E-state index in [0.717, 1.165) is 21.8 Å². The number of pyridine rings is 1. The summed E-state index contributed by atoms with van der Waals surface area (Å²) in [6, 6.07) is 9.55. The monoisotopic (exact) mass is 342 g/mol. The van der Waals surface area contributed by atoms with Gasteiger partial charge < -0.3 is 10.6 Å². The Morgan fingerprint density at radius 1 is 1.25 bits per heavy atom. The number of fused-ring (bicyclic) bond motifs is 1. The van der Waals surface area contributed by atoms with E-state index < -0.39 is 0 Å². The molecular formula is C18H22N4OS. The highest BCUT2D eigenvalue weighted by molar-refractivity contribution is 7.97. The average Bonchev–Trinajstić information content (AvgIpc) is 2.98. The molecular weight excluding hydrogens is 320 g/mol. The van der Waals surface area contributed by atoms with E-state index in [1.165, 1.54) is 0 Å². The zero-order valence-electron chi connectivity index (χ0n) is 14.1. The summed E-state index contributed by atoms with van der Waals surface area (Å²) in [7, 11) is 0. The van der Waals surface area contributed by atoms with Gasteiger partial charge in [-0.05, 0) is 68.6 Å². The van der Waals surface area contributed by atoms with Crippen molar-refractivity contribution in [1.29, 1.82) is 0 Å². The summed E-state index contributed by atoms with van der Waals surface area (Å²) in [5.41, 5.74) is 2.93. The van der Waals surface area contributed by atoms with Crippen molar-refractivity contribution < 1.29 is 4.79 Å². The Bertz CT molecular complexity index is 700. The Hall–Kier alpha value is -2.05. The van der Waals surface area contributed by atoms with E-state index in [1.807, 2.05) is 30.3 Å². The number of aromatic nitrogens is 1. The highest BCUT2D eigenvalue weighted by atomic mass is 32.2. The highest BCUT2D eigenvalue weighted by Gasteiger charge is 2.26. The van der Waals surface area contributed by atoms with E-state index in [-0.39, 0.29) is 17.5 Å². The van der Waals surface area contributed by atoms with Crippen LogP contribution in [0.4, 0.5) is 11.4 Å². The van der Waals surface area contributed by atoms with E-state index in [0.29, 0.717) is 6.42 Å². The van der Waals surface area contributed by atoms with Crippen LogP contribution in [0.25, 0.3) is 0 Å². The summed E-state index contributed by atoms with van der Waals surface area (Å²) >= 11 is 1.59. The number of carbonyl (C=O) groups excluding carboxylic acids is 1. The Labute approximate surface area is 146 Å². The van der Waals surface area contributed by atoms with Crippen LogP contribution in [0.5, 0.6) is 0 Å². The molecule has 0 spiro atoms. The molecule has 2 heterocycles. The van der Waals surface area contributed by atoms with E-state index >= 15 is 0 Å². The van der Waals surface area contributed by atoms with Crippen LogP contribution in [0.15, 0.2) is 47.6 Å². The number of hydrogen-bond acceptors (Lipinski definition) is 5. The number of nitrogens with one attached hydrogen (secondary N) is 3. The predicted molar refractivity (Wildman–Crippen MR) is 99.2 cm³/mol. The molecule has 0 fully saturated rings. The molecule has 1 aliphatic rings. The summed E-state index contributed by atoms with van der Waals surface area (Å²) in [4.78, 5) is 17.6. The van der Waals surface area contributed by atoms with Gasteiger partial charge in [0.15, 0.2) is 0 Å². The fraction of sp³-hybridized carbons (Fsp3) is 0.333. The minimum Gasteiger partial charge on any atom is -0.372 e. The third-order valence-corrected chi connectivity index (χ3v) is 4.80. The van der Waals surface area contributed by atoms with E-state index in [1.54, 1.807) is 24.3 Å².